The summed E-state index contributed by atoms with van der Waals surface area (Å²) in [6.07, 6.45) is 3.91. The van der Waals surface area contributed by atoms with Gasteiger partial charge in [-0.15, -0.1) is 0 Å². The summed E-state index contributed by atoms with van der Waals surface area (Å²) in [4.78, 5) is 11.7. The van der Waals surface area contributed by atoms with Gasteiger partial charge in [-0.3, -0.25) is 4.79 Å². The zero-order valence-corrected chi connectivity index (χ0v) is 12.0. The van der Waals surface area contributed by atoms with Gasteiger partial charge in [0, 0.05) is 11.1 Å². The average molecular weight is 282 g/mol. The molecule has 2 N–H and O–H groups in total. The second kappa shape index (κ2) is 7.97. The van der Waals surface area contributed by atoms with Crippen molar-refractivity contribution < 1.29 is 9.90 Å². The molecule has 0 spiro atoms. The molecule has 0 radical (unpaired) electrons. The molecule has 1 aromatic carbocycles. The van der Waals surface area contributed by atoms with Crippen LogP contribution in [0.15, 0.2) is 30.3 Å². The van der Waals surface area contributed by atoms with Gasteiger partial charge in [0.15, 0.2) is 0 Å². The molecule has 0 aliphatic rings. The van der Waals surface area contributed by atoms with Gasteiger partial charge in [-0.2, -0.15) is 0 Å². The van der Waals surface area contributed by atoms with Gasteiger partial charge in [-0.05, 0) is 36.1 Å². The molecule has 0 aliphatic heterocycles. The Labute approximate surface area is 119 Å². The normalized spacial score (nSPS) is 12.9. The van der Waals surface area contributed by atoms with E-state index < -0.39 is 0 Å². The number of halogens is 1. The molecule has 3 nitrogen and oxygen atoms in total. The van der Waals surface area contributed by atoms with E-state index >= 15 is 0 Å². The maximum atomic E-state index is 11.7. The van der Waals surface area contributed by atoms with Gasteiger partial charge in [0.25, 0.3) is 0 Å². The van der Waals surface area contributed by atoms with Crippen molar-refractivity contribution in [2.75, 3.05) is 6.61 Å². The van der Waals surface area contributed by atoms with Crippen LogP contribution < -0.4 is 5.32 Å². The number of hydrogen-bond acceptors (Lipinski definition) is 2. The second-order valence-electron chi connectivity index (χ2n) is 4.91. The van der Waals surface area contributed by atoms with Crippen molar-refractivity contribution in [3.05, 3.63) is 40.9 Å². The van der Waals surface area contributed by atoms with E-state index in [2.05, 4.69) is 19.2 Å². The summed E-state index contributed by atoms with van der Waals surface area (Å²) in [5, 5.41) is 12.6. The first-order chi connectivity index (χ1) is 9.01. The van der Waals surface area contributed by atoms with Crippen LogP contribution in [0.25, 0.3) is 6.08 Å². The predicted octanol–water partition coefficient (Wildman–Crippen LogP) is 2.88. The number of carbonyl (C=O) groups is 1. The van der Waals surface area contributed by atoms with Crippen LogP contribution in [-0.2, 0) is 4.79 Å². The maximum absolute atomic E-state index is 11.7. The molecule has 1 amide bonds. The van der Waals surface area contributed by atoms with Gasteiger partial charge in [-0.25, -0.2) is 0 Å². The lowest BCUT2D eigenvalue weighted by Gasteiger charge is -2.17. The molecule has 0 fully saturated rings. The number of nitrogens with one attached hydrogen (secondary N) is 1. The molecule has 1 rings (SSSR count). The van der Waals surface area contributed by atoms with Crippen LogP contribution in [0.3, 0.4) is 0 Å². The third-order valence-electron chi connectivity index (χ3n) is 2.60. The third-order valence-corrected chi connectivity index (χ3v) is 2.83. The lowest BCUT2D eigenvalue weighted by Crippen LogP contribution is -2.37. The van der Waals surface area contributed by atoms with Crippen molar-refractivity contribution in [2.45, 2.75) is 26.3 Å². The minimum Gasteiger partial charge on any atom is -0.394 e. The van der Waals surface area contributed by atoms with Gasteiger partial charge >= 0.3 is 0 Å². The van der Waals surface area contributed by atoms with E-state index in [0.29, 0.717) is 10.9 Å². The van der Waals surface area contributed by atoms with E-state index in [1.165, 1.54) is 6.08 Å². The number of benzene rings is 1. The molecule has 1 unspecified atom stereocenters. The van der Waals surface area contributed by atoms with E-state index in [-0.39, 0.29) is 18.6 Å². The fourth-order valence-electron chi connectivity index (χ4n) is 1.78. The highest BCUT2D eigenvalue weighted by atomic mass is 35.5. The fraction of sp³-hybridized carbons (Fsp3) is 0.400. The molecule has 19 heavy (non-hydrogen) atoms. The Morgan fingerprint density at radius 1 is 1.47 bits per heavy atom. The van der Waals surface area contributed by atoms with E-state index in [1.807, 2.05) is 12.1 Å². The van der Waals surface area contributed by atoms with E-state index in [4.69, 9.17) is 11.6 Å². The number of rotatable bonds is 6. The van der Waals surface area contributed by atoms with Crippen molar-refractivity contribution in [3.63, 3.8) is 0 Å². The Hall–Kier alpha value is -1.32. The average Bonchev–Trinajstić information content (AvgIpc) is 2.35. The van der Waals surface area contributed by atoms with Crippen LogP contribution in [0.4, 0.5) is 0 Å². The molecule has 4 heteroatoms. The van der Waals surface area contributed by atoms with E-state index in [1.54, 1.807) is 18.2 Å². The lowest BCUT2D eigenvalue weighted by atomic mass is 10.0. The van der Waals surface area contributed by atoms with Crippen LogP contribution in [-0.4, -0.2) is 23.7 Å². The Balaban J connectivity index is 2.54. The molecule has 0 aromatic heterocycles. The summed E-state index contributed by atoms with van der Waals surface area (Å²) in [5.74, 6) is 0.217. The summed E-state index contributed by atoms with van der Waals surface area (Å²) < 4.78 is 0. The third kappa shape index (κ3) is 6.41. The van der Waals surface area contributed by atoms with Crippen molar-refractivity contribution in [1.82, 2.24) is 5.32 Å². The summed E-state index contributed by atoms with van der Waals surface area (Å²) in [6.45, 7) is 4.06. The summed E-state index contributed by atoms with van der Waals surface area (Å²) in [7, 11) is 0. The zero-order valence-electron chi connectivity index (χ0n) is 11.3. The molecule has 104 valence electrons. The van der Waals surface area contributed by atoms with Gasteiger partial charge in [0.05, 0.1) is 12.6 Å². The first-order valence-electron chi connectivity index (χ1n) is 6.36. The van der Waals surface area contributed by atoms with E-state index in [0.717, 1.165) is 12.0 Å². The van der Waals surface area contributed by atoms with Crippen LogP contribution in [0.1, 0.15) is 25.8 Å². The Kier molecular flexibility index (Phi) is 6.60. The second-order valence-corrected chi connectivity index (χ2v) is 5.34. The molecular formula is C15H20ClNO2. The monoisotopic (exact) mass is 281 g/mol. The smallest absolute Gasteiger partial charge is 0.244 e. The van der Waals surface area contributed by atoms with Crippen molar-refractivity contribution >= 4 is 23.6 Å². The Bertz CT molecular complexity index is 444. The number of hydrogen-bond donors (Lipinski definition) is 2. The van der Waals surface area contributed by atoms with Crippen LogP contribution in [0, 0.1) is 5.92 Å². The number of carbonyl (C=O) groups excluding carboxylic acids is 1. The van der Waals surface area contributed by atoms with Crippen molar-refractivity contribution in [1.29, 1.82) is 0 Å². The molecule has 1 atom stereocenters. The molecule has 0 saturated carbocycles. The van der Waals surface area contributed by atoms with Gasteiger partial charge in [0.1, 0.15) is 0 Å². The largest absolute Gasteiger partial charge is 0.394 e. The number of aliphatic hydroxyl groups excluding tert-OH is 1. The van der Waals surface area contributed by atoms with Crippen molar-refractivity contribution in [2.24, 2.45) is 5.92 Å². The van der Waals surface area contributed by atoms with Crippen molar-refractivity contribution in [3.8, 4) is 0 Å². The molecule has 0 bridgehead atoms. The topological polar surface area (TPSA) is 49.3 Å². The predicted molar refractivity (Wildman–Crippen MR) is 79.0 cm³/mol. The highest BCUT2D eigenvalue weighted by Gasteiger charge is 2.11. The van der Waals surface area contributed by atoms with E-state index in [9.17, 15) is 9.90 Å². The molecular weight excluding hydrogens is 262 g/mol. The van der Waals surface area contributed by atoms with Gasteiger partial charge in [0.2, 0.25) is 5.91 Å². The minimum absolute atomic E-state index is 0.0467. The summed E-state index contributed by atoms with van der Waals surface area (Å²) >= 11 is 5.86. The number of amides is 1. The van der Waals surface area contributed by atoms with Crippen LogP contribution >= 0.6 is 11.6 Å². The maximum Gasteiger partial charge on any atom is 0.244 e. The molecule has 0 aliphatic carbocycles. The standard InChI is InChI=1S/C15H20ClNO2/c1-11(2)8-14(10-18)17-15(19)7-6-12-4-3-5-13(16)9-12/h3-7,9,11,14,18H,8,10H2,1-2H3,(H,17,19). The molecule has 0 heterocycles. The minimum atomic E-state index is -0.209. The number of aliphatic hydroxyl groups is 1. The highest BCUT2D eigenvalue weighted by molar-refractivity contribution is 6.30. The fourth-order valence-corrected chi connectivity index (χ4v) is 1.98. The zero-order chi connectivity index (χ0) is 14.3. The lowest BCUT2D eigenvalue weighted by molar-refractivity contribution is -0.117. The first kappa shape index (κ1) is 15.7. The molecule has 1 aromatic rings. The van der Waals surface area contributed by atoms with Crippen LogP contribution in [0.5, 0.6) is 0 Å². The Morgan fingerprint density at radius 2 is 2.21 bits per heavy atom. The Morgan fingerprint density at radius 3 is 2.79 bits per heavy atom. The van der Waals surface area contributed by atoms with Crippen LogP contribution in [0.2, 0.25) is 5.02 Å². The summed E-state index contributed by atoms with van der Waals surface area (Å²) in [5.41, 5.74) is 0.868. The van der Waals surface area contributed by atoms with Gasteiger partial charge < -0.3 is 10.4 Å². The molecule has 0 saturated heterocycles. The summed E-state index contributed by atoms with van der Waals surface area (Å²) in [6, 6.07) is 7.06. The van der Waals surface area contributed by atoms with Gasteiger partial charge in [-0.1, -0.05) is 37.6 Å². The quantitative estimate of drug-likeness (QED) is 0.788. The highest BCUT2D eigenvalue weighted by Crippen LogP contribution is 2.11. The SMILES string of the molecule is CC(C)CC(CO)NC(=O)C=Cc1cccc(Cl)c1. The first-order valence-corrected chi connectivity index (χ1v) is 6.74.